The van der Waals surface area contributed by atoms with Crippen LogP contribution in [0.2, 0.25) is 13.1 Å². The molecule has 12 heavy (non-hydrogen) atoms. The van der Waals surface area contributed by atoms with Crippen molar-refractivity contribution in [2.75, 3.05) is 26.9 Å². The van der Waals surface area contributed by atoms with Crippen LogP contribution in [0.5, 0.6) is 0 Å². The van der Waals surface area contributed by atoms with E-state index in [-0.39, 0.29) is 5.41 Å². The van der Waals surface area contributed by atoms with E-state index in [1.165, 1.54) is 0 Å². The molecule has 0 bridgehead atoms. The monoisotopic (exact) mass is 190 g/mol. The van der Waals surface area contributed by atoms with Crippen LogP contribution in [0.25, 0.3) is 0 Å². The first-order valence-corrected chi connectivity index (χ1v) is 7.06. The summed E-state index contributed by atoms with van der Waals surface area (Å²) in [4.78, 5) is 0. The van der Waals surface area contributed by atoms with Crippen molar-refractivity contribution in [2.45, 2.75) is 20.0 Å². The molecule has 0 aromatic rings. The Morgan fingerprint density at radius 3 is 2.33 bits per heavy atom. The van der Waals surface area contributed by atoms with E-state index in [1.54, 1.807) is 7.11 Å². The lowest BCUT2D eigenvalue weighted by molar-refractivity contribution is -0.124. The summed E-state index contributed by atoms with van der Waals surface area (Å²) >= 11 is 0. The Labute approximate surface area is 75.3 Å². The number of hydrogen-bond donors (Lipinski definition) is 0. The zero-order chi connectivity index (χ0) is 9.24. The van der Waals surface area contributed by atoms with E-state index in [9.17, 15) is 0 Å². The fourth-order valence-corrected chi connectivity index (χ4v) is 1.75. The fraction of sp³-hybridized carbons (Fsp3) is 1.00. The van der Waals surface area contributed by atoms with Gasteiger partial charge < -0.3 is 13.6 Å². The summed E-state index contributed by atoms with van der Waals surface area (Å²) in [6, 6.07) is 0. The average molecular weight is 190 g/mol. The standard InChI is InChI=1S/C8H18O3Si/c1-8(5-10-6-8)7-11-12(3,4)9-2/h5-7H2,1-4H3. The lowest BCUT2D eigenvalue weighted by atomic mass is 9.90. The summed E-state index contributed by atoms with van der Waals surface area (Å²) < 4.78 is 16.1. The maximum atomic E-state index is 5.72. The van der Waals surface area contributed by atoms with Gasteiger partial charge in [0, 0.05) is 19.1 Å². The molecule has 1 rings (SSSR count). The molecule has 1 aliphatic rings. The molecule has 0 atom stereocenters. The summed E-state index contributed by atoms with van der Waals surface area (Å²) in [5.41, 5.74) is 0.239. The van der Waals surface area contributed by atoms with Crippen molar-refractivity contribution in [1.29, 1.82) is 0 Å². The number of ether oxygens (including phenoxy) is 1. The molecule has 0 saturated carbocycles. The molecule has 0 spiro atoms. The van der Waals surface area contributed by atoms with Crippen LogP contribution in [-0.4, -0.2) is 35.5 Å². The van der Waals surface area contributed by atoms with Gasteiger partial charge in [-0.1, -0.05) is 6.92 Å². The molecule has 72 valence electrons. The summed E-state index contributed by atoms with van der Waals surface area (Å²) in [6.45, 7) is 8.69. The molecule has 0 unspecified atom stereocenters. The second-order valence-electron chi connectivity index (χ2n) is 4.20. The van der Waals surface area contributed by atoms with Crippen molar-refractivity contribution in [1.82, 2.24) is 0 Å². The minimum absolute atomic E-state index is 0.239. The largest absolute Gasteiger partial charge is 0.398 e. The zero-order valence-corrected chi connectivity index (χ0v) is 9.35. The maximum Gasteiger partial charge on any atom is 0.331 e. The van der Waals surface area contributed by atoms with Gasteiger partial charge in [-0.15, -0.1) is 0 Å². The van der Waals surface area contributed by atoms with Gasteiger partial charge in [0.1, 0.15) is 0 Å². The van der Waals surface area contributed by atoms with Gasteiger partial charge in [0.25, 0.3) is 0 Å². The highest BCUT2D eigenvalue weighted by molar-refractivity contribution is 6.64. The molecular formula is C8H18O3Si. The third-order valence-corrected chi connectivity index (χ3v) is 3.98. The summed E-state index contributed by atoms with van der Waals surface area (Å²) in [7, 11) is -0.111. The van der Waals surface area contributed by atoms with Crippen molar-refractivity contribution < 1.29 is 13.6 Å². The van der Waals surface area contributed by atoms with Gasteiger partial charge in [0.05, 0.1) is 13.2 Å². The Balaban J connectivity index is 2.24. The summed E-state index contributed by atoms with van der Waals surface area (Å²) in [5.74, 6) is 0. The Hall–Kier alpha value is 0.0969. The minimum Gasteiger partial charge on any atom is -0.398 e. The molecule has 0 aromatic heterocycles. The predicted molar refractivity (Wildman–Crippen MR) is 49.4 cm³/mol. The second-order valence-corrected chi connectivity index (χ2v) is 7.69. The maximum absolute atomic E-state index is 5.72. The molecule has 3 nitrogen and oxygen atoms in total. The van der Waals surface area contributed by atoms with E-state index in [1.807, 2.05) is 0 Å². The van der Waals surface area contributed by atoms with Crippen molar-refractivity contribution in [2.24, 2.45) is 5.41 Å². The molecule has 1 fully saturated rings. The van der Waals surface area contributed by atoms with Crippen molar-refractivity contribution in [3.63, 3.8) is 0 Å². The van der Waals surface area contributed by atoms with Crippen LogP contribution >= 0.6 is 0 Å². The third-order valence-electron chi connectivity index (χ3n) is 2.16. The molecular weight excluding hydrogens is 172 g/mol. The molecule has 1 heterocycles. The van der Waals surface area contributed by atoms with Gasteiger partial charge in [0.15, 0.2) is 0 Å². The van der Waals surface area contributed by atoms with Gasteiger partial charge in [-0.05, 0) is 13.1 Å². The van der Waals surface area contributed by atoms with Crippen LogP contribution in [0.3, 0.4) is 0 Å². The number of rotatable bonds is 4. The highest BCUT2D eigenvalue weighted by atomic mass is 28.4. The van der Waals surface area contributed by atoms with E-state index in [4.69, 9.17) is 13.6 Å². The number of hydrogen-bond acceptors (Lipinski definition) is 3. The topological polar surface area (TPSA) is 27.7 Å². The predicted octanol–water partition coefficient (Wildman–Crippen LogP) is 1.39. The smallest absolute Gasteiger partial charge is 0.331 e. The van der Waals surface area contributed by atoms with Gasteiger partial charge in [-0.3, -0.25) is 0 Å². The van der Waals surface area contributed by atoms with Crippen LogP contribution in [0.1, 0.15) is 6.92 Å². The highest BCUT2D eigenvalue weighted by Gasteiger charge is 2.36. The molecule has 0 N–H and O–H groups in total. The van der Waals surface area contributed by atoms with E-state index < -0.39 is 8.56 Å². The van der Waals surface area contributed by atoms with Crippen molar-refractivity contribution in [3.05, 3.63) is 0 Å². The van der Waals surface area contributed by atoms with Gasteiger partial charge in [-0.2, -0.15) is 0 Å². The zero-order valence-electron chi connectivity index (χ0n) is 8.35. The summed E-state index contributed by atoms with van der Waals surface area (Å²) in [6.07, 6.45) is 0. The minimum atomic E-state index is -1.83. The first-order valence-electron chi connectivity index (χ1n) is 4.24. The molecule has 1 saturated heterocycles. The Kier molecular flexibility index (Phi) is 2.93. The molecule has 1 aliphatic heterocycles. The Bertz CT molecular complexity index is 143. The highest BCUT2D eigenvalue weighted by Crippen LogP contribution is 2.27. The van der Waals surface area contributed by atoms with Gasteiger partial charge in [-0.25, -0.2) is 0 Å². The lowest BCUT2D eigenvalue weighted by Crippen LogP contribution is -2.47. The summed E-state index contributed by atoms with van der Waals surface area (Å²) in [5, 5.41) is 0. The average Bonchev–Trinajstić information content (AvgIpc) is 1.98. The van der Waals surface area contributed by atoms with E-state index in [0.717, 1.165) is 19.8 Å². The molecule has 0 aliphatic carbocycles. The molecule has 0 amide bonds. The van der Waals surface area contributed by atoms with E-state index >= 15 is 0 Å². The quantitative estimate of drug-likeness (QED) is 0.627. The van der Waals surface area contributed by atoms with Gasteiger partial charge in [0.2, 0.25) is 0 Å². The first kappa shape index (κ1) is 10.2. The molecule has 0 aromatic carbocycles. The Morgan fingerprint density at radius 1 is 1.42 bits per heavy atom. The van der Waals surface area contributed by atoms with Gasteiger partial charge >= 0.3 is 8.56 Å². The van der Waals surface area contributed by atoms with Crippen molar-refractivity contribution >= 4 is 8.56 Å². The van der Waals surface area contributed by atoms with E-state index in [0.29, 0.717) is 0 Å². The SMILES string of the molecule is CO[Si](C)(C)OCC1(C)COC1. The van der Waals surface area contributed by atoms with Crippen LogP contribution in [0.4, 0.5) is 0 Å². The van der Waals surface area contributed by atoms with E-state index in [2.05, 4.69) is 20.0 Å². The normalized spacial score (nSPS) is 22.0. The van der Waals surface area contributed by atoms with Crippen LogP contribution in [-0.2, 0) is 13.6 Å². The van der Waals surface area contributed by atoms with Crippen molar-refractivity contribution in [3.8, 4) is 0 Å². The fourth-order valence-electron chi connectivity index (χ4n) is 0.941. The Morgan fingerprint density at radius 2 is 2.00 bits per heavy atom. The third kappa shape index (κ3) is 2.55. The first-order chi connectivity index (χ1) is 5.47. The lowest BCUT2D eigenvalue weighted by Gasteiger charge is -2.39. The molecule has 0 radical (unpaired) electrons. The van der Waals surface area contributed by atoms with Crippen LogP contribution in [0, 0.1) is 5.41 Å². The second kappa shape index (κ2) is 3.45. The van der Waals surface area contributed by atoms with Crippen LogP contribution < -0.4 is 0 Å². The molecule has 4 heteroatoms. The van der Waals surface area contributed by atoms with Crippen LogP contribution in [0.15, 0.2) is 0 Å².